The molecule has 0 heterocycles. The van der Waals surface area contributed by atoms with Crippen molar-refractivity contribution in [2.75, 3.05) is 6.54 Å². The van der Waals surface area contributed by atoms with Crippen LogP contribution in [0.2, 0.25) is 0 Å². The molecule has 0 saturated carbocycles. The maximum absolute atomic E-state index is 11.0. The summed E-state index contributed by atoms with van der Waals surface area (Å²) in [5.41, 5.74) is 0. The smallest absolute Gasteiger partial charge is 0.323 e. The lowest BCUT2D eigenvalue weighted by atomic mass is 10.3. The van der Waals surface area contributed by atoms with Crippen LogP contribution in [0.1, 0.15) is 26.7 Å². The molecule has 0 aliphatic carbocycles. The quantitative estimate of drug-likeness (QED) is 0.346. The highest BCUT2D eigenvalue weighted by atomic mass is 31.2. The fraction of sp³-hybridized carbons (Fsp3) is 1.00. The standard InChI is InChI=1S/C6H17NO6P2/c1-3-4-5-7-6(2,14(8,9)10)15(11,12)13/h7H,3-5H2,1-2H3,(H2,8,9,10)(H2,11,12,13). The first-order valence-corrected chi connectivity index (χ1v) is 7.65. The molecule has 7 nitrogen and oxygen atoms in total. The van der Waals surface area contributed by atoms with Gasteiger partial charge in [-0.15, -0.1) is 0 Å². The number of unbranched alkanes of at least 4 members (excludes halogenated alkanes) is 1. The average molecular weight is 261 g/mol. The maximum Gasteiger partial charge on any atom is 0.357 e. The van der Waals surface area contributed by atoms with Crippen molar-refractivity contribution < 1.29 is 28.7 Å². The molecule has 0 saturated heterocycles. The van der Waals surface area contributed by atoms with Crippen molar-refractivity contribution in [3.8, 4) is 0 Å². The van der Waals surface area contributed by atoms with Gasteiger partial charge in [-0.05, 0) is 19.9 Å². The molecule has 0 radical (unpaired) electrons. The summed E-state index contributed by atoms with van der Waals surface area (Å²) in [6.45, 7) is 2.83. The summed E-state index contributed by atoms with van der Waals surface area (Å²) in [5.74, 6) is 0. The summed E-state index contributed by atoms with van der Waals surface area (Å²) in [6.07, 6.45) is 1.33. The van der Waals surface area contributed by atoms with Gasteiger partial charge in [0.15, 0.2) is 0 Å². The first-order chi connectivity index (χ1) is 6.56. The normalized spacial score (nSPS) is 14.3. The molecule has 0 spiro atoms. The molecular formula is C6H17NO6P2. The van der Waals surface area contributed by atoms with Gasteiger partial charge >= 0.3 is 15.2 Å². The Morgan fingerprint density at radius 2 is 1.53 bits per heavy atom. The van der Waals surface area contributed by atoms with E-state index in [1.807, 2.05) is 6.92 Å². The minimum Gasteiger partial charge on any atom is -0.323 e. The van der Waals surface area contributed by atoms with Gasteiger partial charge in [-0.2, -0.15) is 0 Å². The number of hydrogen-bond donors (Lipinski definition) is 5. The lowest BCUT2D eigenvalue weighted by Crippen LogP contribution is -2.42. The van der Waals surface area contributed by atoms with E-state index in [-0.39, 0.29) is 6.54 Å². The van der Waals surface area contributed by atoms with Gasteiger partial charge in [0, 0.05) is 0 Å². The monoisotopic (exact) mass is 261 g/mol. The lowest BCUT2D eigenvalue weighted by molar-refractivity contribution is 0.294. The molecule has 0 amide bonds. The van der Waals surface area contributed by atoms with Crippen molar-refractivity contribution in [1.82, 2.24) is 5.32 Å². The van der Waals surface area contributed by atoms with Crippen LogP contribution in [0.4, 0.5) is 0 Å². The number of nitrogens with one attached hydrogen (secondary N) is 1. The average Bonchev–Trinajstić information content (AvgIpc) is 2.00. The van der Waals surface area contributed by atoms with E-state index in [9.17, 15) is 9.13 Å². The summed E-state index contributed by atoms with van der Waals surface area (Å²) in [5, 5.41) is -0.240. The molecule has 0 atom stereocenters. The number of hydrogen-bond acceptors (Lipinski definition) is 3. The van der Waals surface area contributed by atoms with E-state index < -0.39 is 20.2 Å². The largest absolute Gasteiger partial charge is 0.357 e. The maximum atomic E-state index is 11.0. The van der Waals surface area contributed by atoms with Gasteiger partial charge in [0.2, 0.25) is 5.02 Å². The highest BCUT2D eigenvalue weighted by Crippen LogP contribution is 2.66. The predicted octanol–water partition coefficient (Wildman–Crippen LogP) is 0.405. The SMILES string of the molecule is CCCCNC(C)(P(=O)(O)O)P(=O)(O)O. The van der Waals surface area contributed by atoms with Crippen molar-refractivity contribution in [3.05, 3.63) is 0 Å². The summed E-state index contributed by atoms with van der Waals surface area (Å²) in [7, 11) is -9.85. The molecule has 0 aromatic rings. The van der Waals surface area contributed by atoms with Crippen LogP contribution in [0.3, 0.4) is 0 Å². The first-order valence-electron chi connectivity index (χ1n) is 4.42. The van der Waals surface area contributed by atoms with Crippen LogP contribution in [0.5, 0.6) is 0 Å². The van der Waals surface area contributed by atoms with E-state index in [2.05, 4.69) is 5.32 Å². The molecule has 9 heteroatoms. The van der Waals surface area contributed by atoms with Gasteiger partial charge in [0.05, 0.1) is 0 Å². The minimum atomic E-state index is -4.92. The molecule has 0 aromatic carbocycles. The molecule has 0 aromatic heterocycles. The van der Waals surface area contributed by atoms with Crippen LogP contribution >= 0.6 is 15.2 Å². The van der Waals surface area contributed by atoms with Crippen LogP contribution in [0.15, 0.2) is 0 Å². The van der Waals surface area contributed by atoms with E-state index in [4.69, 9.17) is 19.6 Å². The zero-order valence-electron chi connectivity index (χ0n) is 8.62. The summed E-state index contributed by atoms with van der Waals surface area (Å²) < 4.78 is 22.1. The molecule has 15 heavy (non-hydrogen) atoms. The third-order valence-electron chi connectivity index (χ3n) is 2.12. The molecule has 0 bridgehead atoms. The Kier molecular flexibility index (Phi) is 5.15. The molecule has 0 unspecified atom stereocenters. The Hall–Kier alpha value is 0.260. The highest BCUT2D eigenvalue weighted by molar-refractivity contribution is 7.72. The van der Waals surface area contributed by atoms with Crippen molar-refractivity contribution in [2.24, 2.45) is 0 Å². The van der Waals surface area contributed by atoms with Crippen LogP contribution in [-0.2, 0) is 9.13 Å². The second kappa shape index (κ2) is 5.06. The summed E-state index contributed by atoms with van der Waals surface area (Å²) in [6, 6.07) is 0. The topological polar surface area (TPSA) is 127 Å². The zero-order chi connectivity index (χ0) is 12.3. The molecule has 0 aliphatic rings. The second-order valence-electron chi connectivity index (χ2n) is 3.39. The number of rotatable bonds is 6. The lowest BCUT2D eigenvalue weighted by Gasteiger charge is -2.31. The van der Waals surface area contributed by atoms with Crippen molar-refractivity contribution in [3.63, 3.8) is 0 Å². The molecular weight excluding hydrogens is 244 g/mol. The Bertz CT molecular complexity index is 272. The Labute approximate surface area is 88.2 Å². The van der Waals surface area contributed by atoms with E-state index in [1.54, 1.807) is 0 Å². The van der Waals surface area contributed by atoms with Gasteiger partial charge in [0.1, 0.15) is 0 Å². The van der Waals surface area contributed by atoms with E-state index in [1.165, 1.54) is 0 Å². The fourth-order valence-corrected chi connectivity index (χ4v) is 2.87. The summed E-state index contributed by atoms with van der Waals surface area (Å²) >= 11 is 0. The van der Waals surface area contributed by atoms with E-state index >= 15 is 0 Å². The van der Waals surface area contributed by atoms with Gasteiger partial charge in [0.25, 0.3) is 0 Å². The molecule has 0 rings (SSSR count). The Morgan fingerprint density at radius 1 is 1.13 bits per heavy atom. The Morgan fingerprint density at radius 3 is 1.80 bits per heavy atom. The van der Waals surface area contributed by atoms with Crippen molar-refractivity contribution >= 4 is 15.2 Å². The molecule has 5 N–H and O–H groups in total. The van der Waals surface area contributed by atoms with Crippen molar-refractivity contribution in [1.29, 1.82) is 0 Å². The van der Waals surface area contributed by atoms with Crippen LogP contribution in [-0.4, -0.2) is 31.1 Å². The van der Waals surface area contributed by atoms with Gasteiger partial charge in [-0.3, -0.25) is 14.4 Å². The van der Waals surface area contributed by atoms with Crippen LogP contribution in [0, 0.1) is 0 Å². The highest BCUT2D eigenvalue weighted by Gasteiger charge is 2.56. The van der Waals surface area contributed by atoms with E-state index in [0.29, 0.717) is 6.42 Å². The fourth-order valence-electron chi connectivity index (χ4n) is 0.878. The zero-order valence-corrected chi connectivity index (χ0v) is 10.4. The van der Waals surface area contributed by atoms with Gasteiger partial charge in [-0.1, -0.05) is 13.3 Å². The third-order valence-corrected chi connectivity index (χ3v) is 6.27. The summed E-state index contributed by atoms with van der Waals surface area (Å²) in [4.78, 5) is 35.7. The Balaban J connectivity index is 4.91. The van der Waals surface area contributed by atoms with Crippen molar-refractivity contribution in [2.45, 2.75) is 31.7 Å². The van der Waals surface area contributed by atoms with Crippen LogP contribution < -0.4 is 5.32 Å². The molecule has 92 valence electrons. The molecule has 0 fully saturated rings. The third kappa shape index (κ3) is 3.64. The van der Waals surface area contributed by atoms with Crippen LogP contribution in [0.25, 0.3) is 0 Å². The predicted molar refractivity (Wildman–Crippen MR) is 55.4 cm³/mol. The first kappa shape index (κ1) is 15.3. The van der Waals surface area contributed by atoms with Gasteiger partial charge in [-0.25, -0.2) is 0 Å². The molecule has 0 aliphatic heterocycles. The second-order valence-corrected chi connectivity index (χ2v) is 7.71. The van der Waals surface area contributed by atoms with Gasteiger partial charge < -0.3 is 19.6 Å². The van der Waals surface area contributed by atoms with E-state index in [0.717, 1.165) is 13.3 Å². The minimum absolute atomic E-state index is 0.142.